The summed E-state index contributed by atoms with van der Waals surface area (Å²) in [4.78, 5) is 30.8. The molecule has 2 bridgehead atoms. The van der Waals surface area contributed by atoms with E-state index in [2.05, 4.69) is 15.1 Å². The molecule has 3 N–H and O–H groups in total. The summed E-state index contributed by atoms with van der Waals surface area (Å²) in [7, 11) is -4.83. The summed E-state index contributed by atoms with van der Waals surface area (Å²) in [6.07, 6.45) is 1.24. The highest BCUT2D eigenvalue weighted by molar-refractivity contribution is 7.80. The number of rotatable bonds is 7. The molecule has 3 saturated heterocycles. The normalized spacial score (nSPS) is 31.5. The zero-order valence-electron chi connectivity index (χ0n) is 13.8. The number of fused-ring (bicyclic) bond motifs is 2. The number of hydroxylamine groups is 3. The molecule has 3 amide bonds. The van der Waals surface area contributed by atoms with E-state index in [-0.39, 0.29) is 25.1 Å². The van der Waals surface area contributed by atoms with Gasteiger partial charge in [0.2, 0.25) is 0 Å². The zero-order valence-corrected chi connectivity index (χ0v) is 14.7. The van der Waals surface area contributed by atoms with Crippen molar-refractivity contribution >= 4 is 22.3 Å². The predicted molar refractivity (Wildman–Crippen MR) is 83.4 cm³/mol. The standard InChI is InChI=1S/C13H21FN4O7S/c14-4-8-3-9(15-5-8)7-24-16-12(19)11-2-1-10-6-17(11)13(20)18(10)25-26(21,22)23/h8-11,15H,1-7H2,(H,16,19)(H,21,22,23)/t8-,9+,10+,11-/m0/s1. The maximum Gasteiger partial charge on any atom is 0.418 e. The lowest BCUT2D eigenvalue weighted by Gasteiger charge is -2.29. The van der Waals surface area contributed by atoms with Gasteiger partial charge in [-0.15, -0.1) is 4.28 Å². The van der Waals surface area contributed by atoms with E-state index in [9.17, 15) is 22.4 Å². The van der Waals surface area contributed by atoms with Crippen LogP contribution in [0.2, 0.25) is 0 Å². The number of amides is 3. The van der Waals surface area contributed by atoms with Crippen molar-refractivity contribution in [1.29, 1.82) is 0 Å². The van der Waals surface area contributed by atoms with Gasteiger partial charge in [0.25, 0.3) is 5.91 Å². The van der Waals surface area contributed by atoms with Crippen molar-refractivity contribution in [3.63, 3.8) is 0 Å². The van der Waals surface area contributed by atoms with Gasteiger partial charge in [-0.2, -0.15) is 13.5 Å². The summed E-state index contributed by atoms with van der Waals surface area (Å²) in [6.45, 7) is 0.436. The third-order valence-electron chi connectivity index (χ3n) is 4.79. The monoisotopic (exact) mass is 396 g/mol. The highest BCUT2D eigenvalue weighted by Gasteiger charge is 2.49. The van der Waals surface area contributed by atoms with E-state index >= 15 is 0 Å². The molecule has 4 atom stereocenters. The highest BCUT2D eigenvalue weighted by Crippen LogP contribution is 2.30. The Labute approximate surface area is 149 Å². The van der Waals surface area contributed by atoms with Gasteiger partial charge in [-0.25, -0.2) is 10.3 Å². The molecule has 3 aliphatic heterocycles. The molecular weight excluding hydrogens is 375 g/mol. The van der Waals surface area contributed by atoms with E-state index in [1.54, 1.807) is 0 Å². The van der Waals surface area contributed by atoms with Crippen LogP contribution in [0.3, 0.4) is 0 Å². The van der Waals surface area contributed by atoms with Crippen molar-refractivity contribution in [2.75, 3.05) is 26.4 Å². The molecule has 3 aliphatic rings. The summed E-state index contributed by atoms with van der Waals surface area (Å²) < 4.78 is 47.3. The summed E-state index contributed by atoms with van der Waals surface area (Å²) >= 11 is 0. The van der Waals surface area contributed by atoms with Crippen molar-refractivity contribution in [2.45, 2.75) is 37.4 Å². The zero-order chi connectivity index (χ0) is 18.9. The lowest BCUT2D eigenvalue weighted by atomic mass is 10.0. The van der Waals surface area contributed by atoms with Crippen molar-refractivity contribution in [3.8, 4) is 0 Å². The van der Waals surface area contributed by atoms with Gasteiger partial charge in [0, 0.05) is 25.0 Å². The van der Waals surface area contributed by atoms with Crippen LogP contribution in [0.4, 0.5) is 9.18 Å². The van der Waals surface area contributed by atoms with Crippen molar-refractivity contribution in [1.82, 2.24) is 20.8 Å². The molecule has 26 heavy (non-hydrogen) atoms. The molecule has 0 aliphatic carbocycles. The molecular formula is C13H21FN4O7S. The Kier molecular flexibility index (Phi) is 5.62. The van der Waals surface area contributed by atoms with Gasteiger partial charge in [0.1, 0.15) is 6.04 Å². The minimum absolute atomic E-state index is 0.0504. The molecule has 0 aromatic rings. The van der Waals surface area contributed by atoms with E-state index < -0.39 is 41.1 Å². The number of halogens is 1. The van der Waals surface area contributed by atoms with Crippen LogP contribution < -0.4 is 10.8 Å². The van der Waals surface area contributed by atoms with Crippen molar-refractivity contribution in [3.05, 3.63) is 0 Å². The van der Waals surface area contributed by atoms with E-state index in [0.717, 1.165) is 0 Å². The molecule has 3 rings (SSSR count). The van der Waals surface area contributed by atoms with Crippen LogP contribution in [-0.2, 0) is 24.3 Å². The number of hydrogen-bond acceptors (Lipinski definition) is 7. The second-order valence-corrected chi connectivity index (χ2v) is 7.65. The Bertz CT molecular complexity index is 663. The molecule has 3 fully saturated rings. The quantitative estimate of drug-likeness (QED) is 0.367. The molecule has 0 spiro atoms. The Morgan fingerprint density at radius 3 is 2.85 bits per heavy atom. The molecule has 13 heteroatoms. The van der Waals surface area contributed by atoms with E-state index in [0.29, 0.717) is 30.9 Å². The first kappa shape index (κ1) is 19.2. The van der Waals surface area contributed by atoms with Crippen molar-refractivity contribution < 1.29 is 36.1 Å². The fourth-order valence-electron chi connectivity index (χ4n) is 3.53. The van der Waals surface area contributed by atoms with Crippen LogP contribution in [0, 0.1) is 5.92 Å². The fraction of sp³-hybridized carbons (Fsp3) is 0.846. The van der Waals surface area contributed by atoms with Crippen LogP contribution in [0.1, 0.15) is 19.3 Å². The van der Waals surface area contributed by atoms with E-state index in [1.165, 1.54) is 4.90 Å². The van der Waals surface area contributed by atoms with Gasteiger partial charge >= 0.3 is 16.4 Å². The summed E-state index contributed by atoms with van der Waals surface area (Å²) in [5.74, 6) is -0.587. The summed E-state index contributed by atoms with van der Waals surface area (Å²) in [5.41, 5.74) is 2.29. The van der Waals surface area contributed by atoms with Gasteiger partial charge in [0.05, 0.1) is 19.3 Å². The number of carbonyl (C=O) groups excluding carboxylic acids is 2. The molecule has 148 valence electrons. The highest BCUT2D eigenvalue weighted by atomic mass is 32.3. The van der Waals surface area contributed by atoms with E-state index in [4.69, 9.17) is 9.39 Å². The largest absolute Gasteiger partial charge is 0.418 e. The number of urea groups is 1. The first-order valence-corrected chi connectivity index (χ1v) is 9.63. The van der Waals surface area contributed by atoms with Gasteiger partial charge in [-0.3, -0.25) is 18.6 Å². The Hall–Kier alpha value is -1.54. The minimum Gasteiger partial charge on any atom is -0.311 e. The Balaban J connectivity index is 1.49. The van der Waals surface area contributed by atoms with E-state index in [1.807, 2.05) is 0 Å². The average molecular weight is 396 g/mol. The topological polar surface area (TPSA) is 138 Å². The smallest absolute Gasteiger partial charge is 0.311 e. The number of nitrogens with one attached hydrogen (secondary N) is 2. The first-order valence-electron chi connectivity index (χ1n) is 8.26. The van der Waals surface area contributed by atoms with Gasteiger partial charge in [-0.05, 0) is 19.3 Å². The van der Waals surface area contributed by atoms with Crippen LogP contribution >= 0.6 is 0 Å². The van der Waals surface area contributed by atoms with Gasteiger partial charge < -0.3 is 10.2 Å². The lowest BCUT2D eigenvalue weighted by Crippen LogP contribution is -2.50. The Morgan fingerprint density at radius 2 is 2.19 bits per heavy atom. The van der Waals surface area contributed by atoms with Crippen LogP contribution in [0.15, 0.2) is 0 Å². The molecule has 11 nitrogen and oxygen atoms in total. The summed E-state index contributed by atoms with van der Waals surface area (Å²) in [5, 5.41) is 3.66. The number of carbonyl (C=O) groups is 2. The SMILES string of the molecule is O=C(NOC[C@H]1C[C@@H](CF)CN1)[C@@H]1CC[C@@H]2CN1C(=O)N2OS(=O)(=O)O. The summed E-state index contributed by atoms with van der Waals surface area (Å²) in [6, 6.07) is -2.26. The minimum atomic E-state index is -4.83. The molecule has 3 heterocycles. The van der Waals surface area contributed by atoms with Gasteiger partial charge in [0.15, 0.2) is 0 Å². The van der Waals surface area contributed by atoms with Gasteiger partial charge in [-0.1, -0.05) is 0 Å². The van der Waals surface area contributed by atoms with Crippen LogP contribution in [0.5, 0.6) is 0 Å². The number of hydrogen-bond donors (Lipinski definition) is 3. The number of alkyl halides is 1. The molecule has 0 radical (unpaired) electrons. The third-order valence-corrected chi connectivity index (χ3v) is 5.14. The maximum absolute atomic E-state index is 12.6. The second-order valence-electron chi connectivity index (χ2n) is 6.65. The van der Waals surface area contributed by atoms with Crippen molar-refractivity contribution in [2.24, 2.45) is 5.92 Å². The third kappa shape index (κ3) is 4.23. The van der Waals surface area contributed by atoms with Crippen LogP contribution in [0.25, 0.3) is 0 Å². The molecule has 0 unspecified atom stereocenters. The number of piperidine rings is 1. The molecule has 0 aromatic carbocycles. The average Bonchev–Trinajstić information content (AvgIpc) is 3.13. The predicted octanol–water partition coefficient (Wildman–Crippen LogP) is -1.02. The molecule has 0 saturated carbocycles. The fourth-order valence-corrected chi connectivity index (χ4v) is 3.92. The number of nitrogens with zero attached hydrogens (tertiary/aromatic N) is 2. The van der Waals surface area contributed by atoms with Crippen LogP contribution in [-0.4, -0.2) is 79.4 Å². The Morgan fingerprint density at radius 1 is 1.42 bits per heavy atom. The maximum atomic E-state index is 12.6. The molecule has 0 aromatic heterocycles. The first-order chi connectivity index (χ1) is 12.3. The lowest BCUT2D eigenvalue weighted by molar-refractivity contribution is -0.139. The second kappa shape index (κ2) is 7.60.